The van der Waals surface area contributed by atoms with Crippen molar-refractivity contribution in [2.24, 2.45) is 0 Å². The van der Waals surface area contributed by atoms with Crippen LogP contribution in [0.3, 0.4) is 0 Å². The van der Waals surface area contributed by atoms with E-state index in [-0.39, 0.29) is 0 Å². The van der Waals surface area contributed by atoms with Crippen LogP contribution in [0.15, 0.2) is 23.7 Å². The lowest BCUT2D eigenvalue weighted by atomic mass is 10.3. The van der Waals surface area contributed by atoms with Crippen LogP contribution in [0.1, 0.15) is 17.5 Å². The minimum absolute atomic E-state index is 1.11. The molecule has 1 heterocycles. The van der Waals surface area contributed by atoms with Gasteiger partial charge in [0, 0.05) is 4.88 Å². The molecule has 0 aliphatic rings. The fourth-order valence-electron chi connectivity index (χ4n) is 0.725. The fourth-order valence-corrected chi connectivity index (χ4v) is 1.43. The van der Waals surface area contributed by atoms with Crippen molar-refractivity contribution in [2.45, 2.75) is 13.8 Å². The summed E-state index contributed by atoms with van der Waals surface area (Å²) < 4.78 is 0. The van der Waals surface area contributed by atoms with Crippen molar-refractivity contribution in [1.82, 2.24) is 4.98 Å². The third kappa shape index (κ3) is 2.31. The third-order valence-electron chi connectivity index (χ3n) is 1.33. The van der Waals surface area contributed by atoms with Crippen molar-refractivity contribution >= 4 is 17.4 Å². The van der Waals surface area contributed by atoms with Crippen LogP contribution in [0.25, 0.3) is 6.08 Å². The Morgan fingerprint density at radius 3 is 2.82 bits per heavy atom. The molecule has 0 bridgehead atoms. The first-order valence-electron chi connectivity index (χ1n) is 3.54. The lowest BCUT2D eigenvalue weighted by molar-refractivity contribution is 1.26. The molecule has 0 saturated carbocycles. The number of rotatable bonds is 2. The smallest absolute Gasteiger partial charge is 0.0801 e. The van der Waals surface area contributed by atoms with Crippen molar-refractivity contribution in [3.05, 3.63) is 34.3 Å². The van der Waals surface area contributed by atoms with E-state index in [4.69, 9.17) is 0 Å². The van der Waals surface area contributed by atoms with E-state index in [2.05, 4.69) is 11.1 Å². The molecule has 0 aliphatic heterocycles. The van der Waals surface area contributed by atoms with Crippen LogP contribution in [0.4, 0.5) is 0 Å². The number of allylic oxidation sites excluding steroid dienone is 3. The fraction of sp³-hybridized carbons (Fsp3) is 0.222. The Morgan fingerprint density at radius 1 is 1.45 bits per heavy atom. The molecule has 0 unspecified atom stereocenters. The number of nitrogens with zero attached hydrogens (tertiary/aromatic N) is 1. The predicted molar refractivity (Wildman–Crippen MR) is 50.7 cm³/mol. The highest BCUT2D eigenvalue weighted by Gasteiger charge is 1.93. The van der Waals surface area contributed by atoms with Crippen LogP contribution in [0.5, 0.6) is 0 Å². The molecule has 0 spiro atoms. The average Bonchev–Trinajstić information content (AvgIpc) is 2.37. The summed E-state index contributed by atoms with van der Waals surface area (Å²) >= 11 is 1.67. The van der Waals surface area contributed by atoms with Gasteiger partial charge < -0.3 is 0 Å². The van der Waals surface area contributed by atoms with Crippen LogP contribution in [-0.2, 0) is 0 Å². The molecular formula is C9H11NS. The van der Waals surface area contributed by atoms with Crippen molar-refractivity contribution < 1.29 is 0 Å². The highest BCUT2D eigenvalue weighted by Crippen LogP contribution is 2.13. The van der Waals surface area contributed by atoms with Crippen LogP contribution in [-0.4, -0.2) is 4.98 Å². The molecule has 0 N–H and O–H groups in total. The maximum Gasteiger partial charge on any atom is 0.0801 e. The first-order valence-corrected chi connectivity index (χ1v) is 4.42. The first-order chi connectivity index (χ1) is 5.34. The van der Waals surface area contributed by atoms with Crippen LogP contribution in [0.2, 0.25) is 0 Å². The third-order valence-corrected chi connectivity index (χ3v) is 2.23. The minimum atomic E-state index is 1.11. The second kappa shape index (κ2) is 4.09. The Labute approximate surface area is 71.1 Å². The topological polar surface area (TPSA) is 12.9 Å². The van der Waals surface area contributed by atoms with Gasteiger partial charge in [0.25, 0.3) is 0 Å². The van der Waals surface area contributed by atoms with E-state index in [9.17, 15) is 0 Å². The van der Waals surface area contributed by atoms with E-state index in [1.54, 1.807) is 11.3 Å². The van der Waals surface area contributed by atoms with E-state index < -0.39 is 0 Å². The minimum Gasteiger partial charge on any atom is -0.249 e. The Morgan fingerprint density at radius 2 is 2.27 bits per heavy atom. The highest BCUT2D eigenvalue weighted by atomic mass is 32.1. The molecule has 0 radical (unpaired) electrons. The van der Waals surface area contributed by atoms with Gasteiger partial charge in [0.15, 0.2) is 0 Å². The zero-order valence-corrected chi connectivity index (χ0v) is 7.56. The van der Waals surface area contributed by atoms with E-state index >= 15 is 0 Å². The van der Waals surface area contributed by atoms with E-state index in [1.165, 1.54) is 4.88 Å². The van der Waals surface area contributed by atoms with Crippen LogP contribution >= 0.6 is 11.3 Å². The molecule has 11 heavy (non-hydrogen) atoms. The van der Waals surface area contributed by atoms with Gasteiger partial charge >= 0.3 is 0 Å². The molecule has 1 aromatic heterocycles. The van der Waals surface area contributed by atoms with Gasteiger partial charge in [-0.3, -0.25) is 0 Å². The van der Waals surface area contributed by atoms with Gasteiger partial charge in [-0.1, -0.05) is 18.2 Å². The number of aromatic nitrogens is 1. The Bertz CT molecular complexity index is 271. The molecule has 0 saturated heterocycles. The normalized spacial score (nSPS) is 11.8. The molecule has 0 atom stereocenters. The average molecular weight is 165 g/mol. The molecule has 0 amide bonds. The van der Waals surface area contributed by atoms with E-state index in [1.807, 2.05) is 37.6 Å². The standard InChI is InChI=1S/C9H11NS/c1-3-4-5-6-9-8(2)10-7-11-9/h3-7H,1-2H3/b4-3-,6-5-. The van der Waals surface area contributed by atoms with Crippen LogP contribution < -0.4 is 0 Å². The molecule has 1 nitrogen and oxygen atoms in total. The summed E-state index contributed by atoms with van der Waals surface area (Å²) in [6.07, 6.45) is 8.12. The van der Waals surface area contributed by atoms with Crippen molar-refractivity contribution in [2.75, 3.05) is 0 Å². The predicted octanol–water partition coefficient (Wildman–Crippen LogP) is 3.04. The number of thiazole rings is 1. The van der Waals surface area contributed by atoms with Gasteiger partial charge in [0.2, 0.25) is 0 Å². The number of hydrogen-bond acceptors (Lipinski definition) is 2. The monoisotopic (exact) mass is 165 g/mol. The Balaban J connectivity index is 2.71. The van der Waals surface area contributed by atoms with Crippen molar-refractivity contribution in [3.63, 3.8) is 0 Å². The molecule has 0 fully saturated rings. The Kier molecular flexibility index (Phi) is 3.05. The van der Waals surface area contributed by atoms with Gasteiger partial charge in [-0.2, -0.15) is 0 Å². The summed E-state index contributed by atoms with van der Waals surface area (Å²) in [7, 11) is 0. The zero-order valence-electron chi connectivity index (χ0n) is 6.74. The first kappa shape index (κ1) is 8.21. The van der Waals surface area contributed by atoms with E-state index in [0.29, 0.717) is 0 Å². The summed E-state index contributed by atoms with van der Waals surface area (Å²) in [5, 5.41) is 0. The quantitative estimate of drug-likeness (QED) is 0.614. The van der Waals surface area contributed by atoms with E-state index in [0.717, 1.165) is 5.69 Å². The summed E-state index contributed by atoms with van der Waals surface area (Å²) in [5.74, 6) is 0. The molecule has 0 aliphatic carbocycles. The summed E-state index contributed by atoms with van der Waals surface area (Å²) in [6, 6.07) is 0. The second-order valence-corrected chi connectivity index (χ2v) is 3.07. The lowest BCUT2D eigenvalue weighted by Crippen LogP contribution is -1.70. The Hall–Kier alpha value is -0.890. The summed E-state index contributed by atoms with van der Waals surface area (Å²) in [5.41, 5.74) is 2.97. The summed E-state index contributed by atoms with van der Waals surface area (Å²) in [6.45, 7) is 4.02. The molecule has 2 heteroatoms. The molecule has 1 aromatic rings. The molecule has 58 valence electrons. The maximum atomic E-state index is 4.14. The second-order valence-electron chi connectivity index (χ2n) is 2.19. The zero-order chi connectivity index (χ0) is 8.10. The van der Waals surface area contributed by atoms with Gasteiger partial charge in [0.05, 0.1) is 11.2 Å². The van der Waals surface area contributed by atoms with Gasteiger partial charge in [-0.15, -0.1) is 11.3 Å². The molecular weight excluding hydrogens is 154 g/mol. The largest absolute Gasteiger partial charge is 0.249 e. The molecule has 0 aromatic carbocycles. The highest BCUT2D eigenvalue weighted by molar-refractivity contribution is 7.10. The maximum absolute atomic E-state index is 4.14. The van der Waals surface area contributed by atoms with Gasteiger partial charge in [-0.05, 0) is 19.9 Å². The lowest BCUT2D eigenvalue weighted by Gasteiger charge is -1.83. The van der Waals surface area contributed by atoms with Crippen molar-refractivity contribution in [1.29, 1.82) is 0 Å². The molecule has 1 rings (SSSR count). The van der Waals surface area contributed by atoms with Crippen LogP contribution in [0, 0.1) is 6.92 Å². The van der Waals surface area contributed by atoms with Gasteiger partial charge in [0.1, 0.15) is 0 Å². The number of hydrogen-bond donors (Lipinski definition) is 0. The van der Waals surface area contributed by atoms with Gasteiger partial charge in [-0.25, -0.2) is 4.98 Å². The SMILES string of the molecule is C/C=C\C=C/c1scnc1C. The number of aryl methyl sites for hydroxylation is 1. The van der Waals surface area contributed by atoms with Crippen molar-refractivity contribution in [3.8, 4) is 0 Å². The summed E-state index contributed by atoms with van der Waals surface area (Å²) in [4.78, 5) is 5.38.